The highest BCUT2D eigenvalue weighted by Gasteiger charge is 1.97. The molecule has 0 rings (SSSR count). The fraction of sp³-hybridized carbons (Fsp3) is 1.00. The largest absolute Gasteiger partial charge is 0.394 e. The molecule has 7 heavy (non-hydrogen) atoms. The molecule has 0 heterocycles. The van der Waals surface area contributed by atoms with Crippen molar-refractivity contribution in [1.82, 2.24) is 0 Å². The van der Waals surface area contributed by atoms with Crippen molar-refractivity contribution in [2.75, 3.05) is 13.2 Å². The first-order valence-electron chi connectivity index (χ1n) is 1.92. The zero-order valence-corrected chi connectivity index (χ0v) is 3.87. The molecule has 0 aliphatic rings. The Bertz CT molecular complexity index is 41.2. The van der Waals surface area contributed by atoms with E-state index in [1.54, 1.807) is 0 Å². The summed E-state index contributed by atoms with van der Waals surface area (Å²) in [5, 5.41) is 16.5. The lowest BCUT2D eigenvalue weighted by Gasteiger charge is -2.01. The molecule has 0 amide bonds. The molecular weight excluding hydrogens is 98.0 g/mol. The maximum atomic E-state index is 8.40. The highest BCUT2D eigenvalue weighted by atomic mass is 16.6. The zero-order chi connectivity index (χ0) is 5.70. The summed E-state index contributed by atoms with van der Waals surface area (Å²) in [6.07, 6.45) is -0.843. The summed E-state index contributed by atoms with van der Waals surface area (Å²) in [7, 11) is 0. The highest BCUT2D eigenvalue weighted by Crippen LogP contribution is 1.76. The van der Waals surface area contributed by atoms with Crippen molar-refractivity contribution in [1.29, 1.82) is 0 Å². The van der Waals surface area contributed by atoms with E-state index in [0.29, 0.717) is 0 Å². The van der Waals surface area contributed by atoms with Crippen molar-refractivity contribution in [3.63, 3.8) is 0 Å². The van der Waals surface area contributed by atoms with E-state index in [4.69, 9.17) is 10.2 Å². The van der Waals surface area contributed by atoms with Crippen LogP contribution in [0.4, 0.5) is 0 Å². The average Bonchev–Trinajstić information content (AvgIpc) is 1.68. The van der Waals surface area contributed by atoms with Crippen LogP contribution < -0.4 is 5.90 Å². The average molecular weight is 107 g/mol. The summed E-state index contributed by atoms with van der Waals surface area (Å²) >= 11 is 0. The van der Waals surface area contributed by atoms with Gasteiger partial charge >= 0.3 is 0 Å². The Hall–Kier alpha value is -0.160. The molecule has 0 aromatic rings. The van der Waals surface area contributed by atoms with Crippen LogP contribution in [0.15, 0.2) is 0 Å². The van der Waals surface area contributed by atoms with Crippen molar-refractivity contribution in [3.05, 3.63) is 0 Å². The second kappa shape index (κ2) is 4.01. The first-order valence-corrected chi connectivity index (χ1v) is 1.92. The van der Waals surface area contributed by atoms with Gasteiger partial charge in [0.2, 0.25) is 0 Å². The predicted molar refractivity (Wildman–Crippen MR) is 23.2 cm³/mol. The first-order chi connectivity index (χ1) is 3.31. The van der Waals surface area contributed by atoms with Crippen molar-refractivity contribution in [3.8, 4) is 0 Å². The standard InChI is InChI=1S/C3H9NO3/c4-7-2-3(6)1-5/h3,5-6H,1-2,4H2/t3-/m0/s1. The van der Waals surface area contributed by atoms with Gasteiger partial charge in [-0.05, 0) is 0 Å². The number of rotatable bonds is 3. The molecule has 4 heteroatoms. The van der Waals surface area contributed by atoms with Crippen molar-refractivity contribution >= 4 is 0 Å². The van der Waals surface area contributed by atoms with Crippen LogP contribution in [0.5, 0.6) is 0 Å². The number of nitrogens with two attached hydrogens (primary N) is 1. The van der Waals surface area contributed by atoms with Crippen LogP contribution in [0.1, 0.15) is 0 Å². The molecular formula is C3H9NO3. The second-order valence-corrected chi connectivity index (χ2v) is 1.17. The smallest absolute Gasteiger partial charge is 0.102 e. The third-order valence-corrected chi connectivity index (χ3v) is 0.499. The minimum absolute atomic E-state index is 0.0174. The molecule has 0 radical (unpaired) electrons. The number of aliphatic hydroxyl groups excluding tert-OH is 2. The van der Waals surface area contributed by atoms with Crippen LogP contribution in [-0.4, -0.2) is 29.5 Å². The summed E-state index contributed by atoms with van der Waals surface area (Å²) in [6.45, 7) is -0.326. The lowest BCUT2D eigenvalue weighted by Crippen LogP contribution is -2.21. The molecule has 0 bridgehead atoms. The molecule has 0 saturated heterocycles. The monoisotopic (exact) mass is 107 g/mol. The summed E-state index contributed by atoms with van der Waals surface area (Å²) < 4.78 is 0. The van der Waals surface area contributed by atoms with Crippen LogP contribution in [0.3, 0.4) is 0 Å². The van der Waals surface area contributed by atoms with Crippen molar-refractivity contribution in [2.24, 2.45) is 5.90 Å². The minimum atomic E-state index is -0.843. The van der Waals surface area contributed by atoms with Gasteiger partial charge in [0.25, 0.3) is 0 Å². The van der Waals surface area contributed by atoms with Crippen molar-refractivity contribution < 1.29 is 15.1 Å². The van der Waals surface area contributed by atoms with E-state index in [0.717, 1.165) is 0 Å². The quantitative estimate of drug-likeness (QED) is 0.373. The Balaban J connectivity index is 2.83. The molecule has 0 aliphatic carbocycles. The Morgan fingerprint density at radius 3 is 2.43 bits per heavy atom. The molecule has 0 saturated carbocycles. The number of aliphatic hydroxyl groups is 2. The van der Waals surface area contributed by atoms with Crippen LogP contribution >= 0.6 is 0 Å². The summed E-state index contributed by atoms with van der Waals surface area (Å²) in [4.78, 5) is 3.98. The van der Waals surface area contributed by atoms with E-state index in [2.05, 4.69) is 10.7 Å². The van der Waals surface area contributed by atoms with Crippen LogP contribution in [0, 0.1) is 0 Å². The summed E-state index contributed by atoms with van der Waals surface area (Å²) in [5.41, 5.74) is 0. The van der Waals surface area contributed by atoms with Gasteiger partial charge in [0.1, 0.15) is 6.10 Å². The lowest BCUT2D eigenvalue weighted by molar-refractivity contribution is 0.00574. The maximum absolute atomic E-state index is 8.40. The van der Waals surface area contributed by atoms with E-state index >= 15 is 0 Å². The van der Waals surface area contributed by atoms with Gasteiger partial charge in [0.15, 0.2) is 0 Å². The fourth-order valence-corrected chi connectivity index (χ4v) is 0.164. The molecule has 0 unspecified atom stereocenters. The SMILES string of the molecule is NOC[C@@H](O)CO. The molecule has 0 aromatic heterocycles. The van der Waals surface area contributed by atoms with Gasteiger partial charge in [-0.3, -0.25) is 0 Å². The van der Waals surface area contributed by atoms with Gasteiger partial charge in [-0.25, -0.2) is 5.90 Å². The van der Waals surface area contributed by atoms with Crippen LogP contribution in [0.2, 0.25) is 0 Å². The second-order valence-electron chi connectivity index (χ2n) is 1.17. The van der Waals surface area contributed by atoms with E-state index in [1.165, 1.54) is 0 Å². The number of hydrogen-bond donors (Lipinski definition) is 3. The first kappa shape index (κ1) is 6.84. The topological polar surface area (TPSA) is 75.7 Å². The van der Waals surface area contributed by atoms with Gasteiger partial charge in [-0.2, -0.15) is 0 Å². The fourth-order valence-electron chi connectivity index (χ4n) is 0.164. The van der Waals surface area contributed by atoms with Crippen LogP contribution in [0.25, 0.3) is 0 Å². The van der Waals surface area contributed by atoms with Gasteiger partial charge in [0.05, 0.1) is 13.2 Å². The molecule has 1 atom stereocenters. The molecule has 4 nitrogen and oxygen atoms in total. The Kier molecular flexibility index (Phi) is 3.92. The van der Waals surface area contributed by atoms with Gasteiger partial charge in [0, 0.05) is 0 Å². The molecule has 0 spiro atoms. The van der Waals surface area contributed by atoms with Crippen LogP contribution in [-0.2, 0) is 4.84 Å². The Morgan fingerprint density at radius 2 is 2.29 bits per heavy atom. The highest BCUT2D eigenvalue weighted by molar-refractivity contribution is 4.45. The third-order valence-electron chi connectivity index (χ3n) is 0.499. The molecule has 44 valence electrons. The third kappa shape index (κ3) is 3.68. The van der Waals surface area contributed by atoms with Gasteiger partial charge in [-0.15, -0.1) is 0 Å². The maximum Gasteiger partial charge on any atom is 0.102 e. The molecule has 4 N–H and O–H groups in total. The van der Waals surface area contributed by atoms with Crippen molar-refractivity contribution in [2.45, 2.75) is 6.10 Å². The normalized spacial score (nSPS) is 14.1. The van der Waals surface area contributed by atoms with E-state index < -0.39 is 6.10 Å². The minimum Gasteiger partial charge on any atom is -0.394 e. The molecule has 0 fully saturated rings. The molecule has 0 aliphatic heterocycles. The Morgan fingerprint density at radius 1 is 1.71 bits per heavy atom. The molecule has 0 aromatic carbocycles. The van der Waals surface area contributed by atoms with E-state index in [1.807, 2.05) is 0 Å². The zero-order valence-electron chi connectivity index (χ0n) is 3.87. The summed E-state index contributed by atoms with van der Waals surface area (Å²) in [6, 6.07) is 0. The van der Waals surface area contributed by atoms with Gasteiger partial charge in [-0.1, -0.05) is 0 Å². The lowest BCUT2D eigenvalue weighted by atomic mass is 10.4. The van der Waals surface area contributed by atoms with E-state index in [9.17, 15) is 0 Å². The predicted octanol–water partition coefficient (Wildman–Crippen LogP) is -1.77. The Labute approximate surface area is 41.5 Å². The summed E-state index contributed by atoms with van der Waals surface area (Å²) in [5.74, 6) is 4.53. The van der Waals surface area contributed by atoms with E-state index in [-0.39, 0.29) is 13.2 Å². The number of hydrogen-bond acceptors (Lipinski definition) is 4. The van der Waals surface area contributed by atoms with Gasteiger partial charge < -0.3 is 15.1 Å².